The predicted octanol–water partition coefficient (Wildman–Crippen LogP) is 9.61. The standard InChI is InChI=1S/C26H23N2.C11H20O2.Ir/c1-16(2)17-9-11-19(12-10-17)24-23-22-20-8-6-5-7-18(20)13-14-21(22)26(3,4)25(23)28-15-27-24;1-10(2,3)8(12)7-9(13)11(4,5)6;/h5-11,13-16H,1-4H3;7,12H,1-6H3;/q-1;;/b;8-7-;. The van der Waals surface area contributed by atoms with Crippen LogP contribution >= 0.6 is 0 Å². The maximum absolute atomic E-state index is 11.5. The molecule has 0 saturated heterocycles. The average Bonchev–Trinajstić information content (AvgIpc) is 3.15. The first-order valence-corrected chi connectivity index (χ1v) is 14.4. The van der Waals surface area contributed by atoms with Crippen LogP contribution in [0.25, 0.3) is 33.2 Å². The van der Waals surface area contributed by atoms with Gasteiger partial charge in [-0.1, -0.05) is 112 Å². The van der Waals surface area contributed by atoms with Crippen LogP contribution in [0.2, 0.25) is 0 Å². The second-order valence-corrected chi connectivity index (χ2v) is 13.9. The zero-order valence-corrected chi connectivity index (χ0v) is 28.9. The van der Waals surface area contributed by atoms with Gasteiger partial charge in [0.2, 0.25) is 0 Å². The third-order valence-corrected chi connectivity index (χ3v) is 7.83. The Kier molecular flexibility index (Phi) is 9.71. The Balaban J connectivity index is 0.000000297. The smallest absolute Gasteiger partial charge is 0.164 e. The van der Waals surface area contributed by atoms with Crippen molar-refractivity contribution in [3.05, 3.63) is 95.6 Å². The van der Waals surface area contributed by atoms with Gasteiger partial charge in [0.15, 0.2) is 5.78 Å². The van der Waals surface area contributed by atoms with Gasteiger partial charge in [0.25, 0.3) is 0 Å². The second kappa shape index (κ2) is 12.2. The van der Waals surface area contributed by atoms with Crippen LogP contribution in [-0.4, -0.2) is 20.9 Å². The molecule has 1 aliphatic rings. The zero-order valence-electron chi connectivity index (χ0n) is 26.5. The van der Waals surface area contributed by atoms with E-state index in [0.29, 0.717) is 5.92 Å². The molecule has 4 aromatic rings. The summed E-state index contributed by atoms with van der Waals surface area (Å²) in [6.45, 7) is 20.0. The van der Waals surface area contributed by atoms with E-state index in [-0.39, 0.29) is 42.5 Å². The summed E-state index contributed by atoms with van der Waals surface area (Å²) in [7, 11) is 0. The molecule has 0 fully saturated rings. The maximum atomic E-state index is 11.5. The zero-order chi connectivity index (χ0) is 30.3. The molecule has 5 rings (SSSR count). The maximum Gasteiger partial charge on any atom is 0.164 e. The Morgan fingerprint density at radius 1 is 0.905 bits per heavy atom. The fraction of sp³-hybridized carbons (Fsp3) is 0.378. The minimum absolute atomic E-state index is 0. The van der Waals surface area contributed by atoms with E-state index < -0.39 is 5.41 Å². The van der Waals surface area contributed by atoms with E-state index in [4.69, 9.17) is 9.97 Å². The molecule has 1 aromatic heterocycles. The van der Waals surface area contributed by atoms with E-state index in [0.717, 1.165) is 22.5 Å². The normalized spacial score (nSPS) is 14.0. The molecule has 42 heavy (non-hydrogen) atoms. The molecule has 223 valence electrons. The molecule has 5 heteroatoms. The number of aliphatic hydroxyl groups is 1. The van der Waals surface area contributed by atoms with Crippen molar-refractivity contribution in [1.82, 2.24) is 9.97 Å². The summed E-state index contributed by atoms with van der Waals surface area (Å²) in [4.78, 5) is 20.9. The minimum Gasteiger partial charge on any atom is -0.512 e. The predicted molar refractivity (Wildman–Crippen MR) is 170 cm³/mol. The van der Waals surface area contributed by atoms with Crippen LogP contribution < -0.4 is 0 Å². The van der Waals surface area contributed by atoms with E-state index in [2.05, 4.69) is 88.4 Å². The molecule has 0 bridgehead atoms. The van der Waals surface area contributed by atoms with E-state index in [1.54, 1.807) is 6.33 Å². The largest absolute Gasteiger partial charge is 0.512 e. The van der Waals surface area contributed by atoms with Crippen molar-refractivity contribution in [3.8, 4) is 22.4 Å². The first-order chi connectivity index (χ1) is 19.0. The van der Waals surface area contributed by atoms with Gasteiger partial charge >= 0.3 is 0 Å². The Morgan fingerprint density at radius 3 is 2.14 bits per heavy atom. The van der Waals surface area contributed by atoms with Crippen LogP contribution in [-0.2, 0) is 30.3 Å². The fourth-order valence-electron chi connectivity index (χ4n) is 4.99. The van der Waals surface area contributed by atoms with E-state index in [1.807, 2.05) is 41.5 Å². The molecule has 1 radical (unpaired) electrons. The van der Waals surface area contributed by atoms with Gasteiger partial charge in [-0.2, -0.15) is 0 Å². The molecular formula is C37H43IrN2O2-. The van der Waals surface area contributed by atoms with Gasteiger partial charge in [-0.25, -0.2) is 4.98 Å². The molecule has 1 heterocycles. The molecule has 0 amide bonds. The van der Waals surface area contributed by atoms with E-state index in [1.165, 1.54) is 33.5 Å². The summed E-state index contributed by atoms with van der Waals surface area (Å²) >= 11 is 0. The summed E-state index contributed by atoms with van der Waals surface area (Å²) in [6, 6.07) is 23.0. The number of rotatable bonds is 3. The van der Waals surface area contributed by atoms with Gasteiger partial charge in [-0.05, 0) is 33.2 Å². The molecule has 3 aromatic carbocycles. The molecule has 4 nitrogen and oxygen atoms in total. The Bertz CT molecular complexity index is 1620. The van der Waals surface area contributed by atoms with Crippen molar-refractivity contribution in [2.24, 2.45) is 10.8 Å². The second-order valence-electron chi connectivity index (χ2n) is 13.9. The van der Waals surface area contributed by atoms with Crippen LogP contribution in [0.15, 0.2) is 72.8 Å². The Labute approximate surface area is 265 Å². The molecule has 0 spiro atoms. The van der Waals surface area contributed by atoms with E-state index >= 15 is 0 Å². The first-order valence-electron chi connectivity index (χ1n) is 14.4. The van der Waals surface area contributed by atoms with Crippen molar-refractivity contribution in [2.45, 2.75) is 80.6 Å². The minimum atomic E-state index is -0.417. The number of carbonyl (C=O) groups excluding carboxylic acids is 1. The number of nitrogens with zero attached hydrogens (tertiary/aromatic N) is 2. The number of benzene rings is 3. The first kappa shape index (κ1) is 33.4. The van der Waals surface area contributed by atoms with Gasteiger partial charge < -0.3 is 5.11 Å². The molecule has 1 aliphatic carbocycles. The Morgan fingerprint density at radius 2 is 1.57 bits per heavy atom. The van der Waals surface area contributed by atoms with Gasteiger partial charge in [-0.15, -0.1) is 35.4 Å². The summed E-state index contributed by atoms with van der Waals surface area (Å²) < 4.78 is 0. The van der Waals surface area contributed by atoms with Crippen molar-refractivity contribution >= 4 is 16.6 Å². The van der Waals surface area contributed by atoms with Crippen LogP contribution in [0.5, 0.6) is 0 Å². The SMILES string of the molecule is CC(C)(C)C(=O)/C=C(\O)C(C)(C)C.CC(C)c1c[c-]c(-c2ncnc3c2-c2c(ccc4ccccc24)C3(C)C)cc1.[Ir]. The summed E-state index contributed by atoms with van der Waals surface area (Å²) in [5.74, 6) is 0.595. The molecular weight excluding hydrogens is 697 g/mol. The van der Waals surface area contributed by atoms with Crippen molar-refractivity contribution < 1.29 is 30.0 Å². The van der Waals surface area contributed by atoms with Gasteiger partial charge in [0.1, 0.15) is 12.1 Å². The number of hydrogen-bond acceptors (Lipinski definition) is 4. The number of carbonyl (C=O) groups is 1. The third-order valence-electron chi connectivity index (χ3n) is 7.83. The van der Waals surface area contributed by atoms with Crippen LogP contribution in [0.3, 0.4) is 0 Å². The molecule has 1 N–H and O–H groups in total. The Hall–Kier alpha value is -3.14. The summed E-state index contributed by atoms with van der Waals surface area (Å²) in [6.07, 6.45) is 3.04. The summed E-state index contributed by atoms with van der Waals surface area (Å²) in [5, 5.41) is 12.1. The topological polar surface area (TPSA) is 63.1 Å². The molecule has 0 atom stereocenters. The van der Waals surface area contributed by atoms with Gasteiger partial charge in [0, 0.05) is 42.4 Å². The van der Waals surface area contributed by atoms with Gasteiger partial charge in [-0.3, -0.25) is 9.78 Å². The quantitative estimate of drug-likeness (QED) is 0.129. The number of hydrogen-bond donors (Lipinski definition) is 1. The van der Waals surface area contributed by atoms with Crippen LogP contribution in [0.1, 0.15) is 92.0 Å². The van der Waals surface area contributed by atoms with Gasteiger partial charge in [0.05, 0.1) is 5.69 Å². The number of ketones is 1. The molecule has 0 unspecified atom stereocenters. The number of fused-ring (bicyclic) bond motifs is 5. The average molecular weight is 740 g/mol. The third kappa shape index (κ3) is 6.58. The van der Waals surface area contributed by atoms with Crippen LogP contribution in [0, 0.1) is 16.9 Å². The molecule has 0 saturated carbocycles. The van der Waals surface area contributed by atoms with Crippen molar-refractivity contribution in [1.29, 1.82) is 0 Å². The van der Waals surface area contributed by atoms with Crippen molar-refractivity contribution in [2.75, 3.05) is 0 Å². The van der Waals surface area contributed by atoms with E-state index in [9.17, 15) is 9.90 Å². The number of aromatic nitrogens is 2. The molecule has 0 aliphatic heterocycles. The fourth-order valence-corrected chi connectivity index (χ4v) is 4.99. The van der Waals surface area contributed by atoms with Crippen LogP contribution in [0.4, 0.5) is 0 Å². The van der Waals surface area contributed by atoms with Crippen molar-refractivity contribution in [3.63, 3.8) is 0 Å². The summed E-state index contributed by atoms with van der Waals surface area (Å²) in [5.41, 5.74) is 7.24. The number of allylic oxidation sites excluding steroid dienone is 2. The monoisotopic (exact) mass is 740 g/mol. The number of aliphatic hydroxyl groups excluding tert-OH is 1.